The minimum atomic E-state index is -4.37. The number of alkyl halides is 6. The molecule has 84 valence electrons. The first-order valence-electron chi connectivity index (χ1n) is 3.91. The lowest BCUT2D eigenvalue weighted by atomic mass is 10.1. The standard InChI is InChI=1S/C9H6Cl3F3/c10-8(11,12)5-6-2-1-3-7(4-6)9(13,14)15/h1-4H,5H2. The van der Waals surface area contributed by atoms with Gasteiger partial charge in [-0.05, 0) is 11.6 Å². The Bertz CT molecular complexity index is 341. The summed E-state index contributed by atoms with van der Waals surface area (Å²) in [5.74, 6) is 0. The Morgan fingerprint density at radius 1 is 1.07 bits per heavy atom. The molecule has 0 aliphatic heterocycles. The zero-order chi connectivity index (χ0) is 11.7. The molecule has 1 rings (SSSR count). The number of hydrogen-bond acceptors (Lipinski definition) is 0. The Labute approximate surface area is 99.9 Å². The summed E-state index contributed by atoms with van der Waals surface area (Å²) >= 11 is 16.5. The van der Waals surface area contributed by atoms with Crippen molar-refractivity contribution in [2.75, 3.05) is 0 Å². The highest BCUT2D eigenvalue weighted by Gasteiger charge is 2.31. The Morgan fingerprint density at radius 2 is 1.67 bits per heavy atom. The summed E-state index contributed by atoms with van der Waals surface area (Å²) < 4.78 is 35.3. The topological polar surface area (TPSA) is 0 Å². The lowest BCUT2D eigenvalue weighted by molar-refractivity contribution is -0.137. The van der Waals surface area contributed by atoms with Crippen LogP contribution < -0.4 is 0 Å². The van der Waals surface area contributed by atoms with Crippen LogP contribution in [0.5, 0.6) is 0 Å². The summed E-state index contributed by atoms with van der Waals surface area (Å²) in [4.78, 5) is 0. The molecule has 0 N–H and O–H groups in total. The van der Waals surface area contributed by atoms with E-state index in [4.69, 9.17) is 34.8 Å². The Kier molecular flexibility index (Phi) is 3.80. The van der Waals surface area contributed by atoms with Gasteiger partial charge in [0, 0.05) is 6.42 Å². The van der Waals surface area contributed by atoms with Crippen molar-refractivity contribution >= 4 is 34.8 Å². The zero-order valence-electron chi connectivity index (χ0n) is 7.28. The van der Waals surface area contributed by atoms with E-state index >= 15 is 0 Å². The van der Waals surface area contributed by atoms with Crippen molar-refractivity contribution < 1.29 is 13.2 Å². The van der Waals surface area contributed by atoms with Crippen LogP contribution in [0.3, 0.4) is 0 Å². The maximum Gasteiger partial charge on any atom is 0.416 e. The fraction of sp³-hybridized carbons (Fsp3) is 0.333. The molecule has 0 bridgehead atoms. The van der Waals surface area contributed by atoms with Gasteiger partial charge in [0.05, 0.1) is 5.56 Å². The second kappa shape index (κ2) is 4.40. The van der Waals surface area contributed by atoms with Gasteiger partial charge >= 0.3 is 6.18 Å². The van der Waals surface area contributed by atoms with Crippen molar-refractivity contribution in [1.82, 2.24) is 0 Å². The van der Waals surface area contributed by atoms with E-state index in [1.165, 1.54) is 12.1 Å². The number of halogens is 6. The predicted octanol–water partition coefficient (Wildman–Crippen LogP) is 4.62. The normalized spacial score (nSPS) is 12.9. The van der Waals surface area contributed by atoms with Crippen LogP contribution in [-0.4, -0.2) is 3.79 Å². The summed E-state index contributed by atoms with van der Waals surface area (Å²) in [5, 5.41) is 0. The highest BCUT2D eigenvalue weighted by molar-refractivity contribution is 6.67. The van der Waals surface area contributed by atoms with Gasteiger partial charge in [-0.2, -0.15) is 13.2 Å². The molecule has 0 aliphatic carbocycles. The molecule has 0 aliphatic rings. The number of rotatable bonds is 1. The van der Waals surface area contributed by atoms with Crippen molar-refractivity contribution in [2.24, 2.45) is 0 Å². The van der Waals surface area contributed by atoms with Gasteiger partial charge < -0.3 is 0 Å². The molecule has 0 nitrogen and oxygen atoms in total. The molecule has 0 heterocycles. The van der Waals surface area contributed by atoms with Gasteiger partial charge in [0.1, 0.15) is 0 Å². The number of hydrogen-bond donors (Lipinski definition) is 0. The van der Waals surface area contributed by atoms with Crippen LogP contribution in [0.1, 0.15) is 11.1 Å². The predicted molar refractivity (Wildman–Crippen MR) is 55.4 cm³/mol. The van der Waals surface area contributed by atoms with Crippen molar-refractivity contribution in [1.29, 1.82) is 0 Å². The SMILES string of the molecule is FC(F)(F)c1cccc(CC(Cl)(Cl)Cl)c1. The van der Waals surface area contributed by atoms with E-state index in [-0.39, 0.29) is 6.42 Å². The molecule has 0 atom stereocenters. The van der Waals surface area contributed by atoms with Crippen molar-refractivity contribution in [3.63, 3.8) is 0 Å². The molecule has 0 fully saturated rings. The molecule has 6 heteroatoms. The second-order valence-corrected chi connectivity index (χ2v) is 5.51. The molecular weight excluding hydrogens is 271 g/mol. The fourth-order valence-electron chi connectivity index (χ4n) is 1.09. The fourth-order valence-corrected chi connectivity index (χ4v) is 1.55. The van der Waals surface area contributed by atoms with Crippen LogP contribution in [0.2, 0.25) is 0 Å². The molecule has 0 radical (unpaired) electrons. The molecule has 0 unspecified atom stereocenters. The maximum atomic E-state index is 12.3. The molecule has 0 aromatic heterocycles. The van der Waals surface area contributed by atoms with Gasteiger partial charge in [0.15, 0.2) is 3.79 Å². The third kappa shape index (κ3) is 4.49. The first-order chi connectivity index (χ1) is 6.68. The molecular formula is C9H6Cl3F3. The van der Waals surface area contributed by atoms with Gasteiger partial charge in [-0.3, -0.25) is 0 Å². The van der Waals surface area contributed by atoms with Gasteiger partial charge in [0.2, 0.25) is 0 Å². The molecule has 1 aromatic carbocycles. The summed E-state index contributed by atoms with van der Waals surface area (Å²) in [6.45, 7) is 0. The van der Waals surface area contributed by atoms with Crippen LogP contribution in [0.25, 0.3) is 0 Å². The Hall–Kier alpha value is -0.120. The quantitative estimate of drug-likeness (QED) is 0.657. The summed E-state index contributed by atoms with van der Waals surface area (Å²) in [5.41, 5.74) is -0.404. The molecule has 0 saturated carbocycles. The average molecular weight is 278 g/mol. The third-order valence-corrected chi connectivity index (χ3v) is 2.06. The molecule has 15 heavy (non-hydrogen) atoms. The van der Waals surface area contributed by atoms with Gasteiger partial charge in [0.25, 0.3) is 0 Å². The van der Waals surface area contributed by atoms with Gasteiger partial charge in [-0.1, -0.05) is 53.0 Å². The highest BCUT2D eigenvalue weighted by Crippen LogP contribution is 2.33. The minimum Gasteiger partial charge on any atom is -0.166 e. The van der Waals surface area contributed by atoms with Crippen LogP contribution in [0.15, 0.2) is 24.3 Å². The van der Waals surface area contributed by atoms with E-state index in [0.29, 0.717) is 5.56 Å². The van der Waals surface area contributed by atoms with Crippen LogP contribution in [0.4, 0.5) is 13.2 Å². The van der Waals surface area contributed by atoms with Gasteiger partial charge in [-0.15, -0.1) is 0 Å². The van der Waals surface area contributed by atoms with E-state index in [1.807, 2.05) is 0 Å². The third-order valence-electron chi connectivity index (χ3n) is 1.66. The average Bonchev–Trinajstić information content (AvgIpc) is 1.99. The smallest absolute Gasteiger partial charge is 0.166 e. The molecule has 0 saturated heterocycles. The van der Waals surface area contributed by atoms with Gasteiger partial charge in [-0.25, -0.2) is 0 Å². The summed E-state index contributed by atoms with van der Waals surface area (Å²) in [7, 11) is 0. The van der Waals surface area contributed by atoms with Crippen molar-refractivity contribution in [3.8, 4) is 0 Å². The van der Waals surface area contributed by atoms with E-state index < -0.39 is 15.5 Å². The van der Waals surface area contributed by atoms with E-state index in [9.17, 15) is 13.2 Å². The first-order valence-corrected chi connectivity index (χ1v) is 5.05. The van der Waals surface area contributed by atoms with E-state index in [0.717, 1.165) is 12.1 Å². The van der Waals surface area contributed by atoms with Crippen LogP contribution in [0, 0.1) is 0 Å². The Balaban J connectivity index is 2.94. The maximum absolute atomic E-state index is 12.3. The first kappa shape index (κ1) is 12.9. The molecule has 0 amide bonds. The zero-order valence-corrected chi connectivity index (χ0v) is 9.55. The molecule has 0 spiro atoms. The lowest BCUT2D eigenvalue weighted by Gasteiger charge is -2.12. The summed E-state index contributed by atoms with van der Waals surface area (Å²) in [6.07, 6.45) is -4.43. The highest BCUT2D eigenvalue weighted by atomic mass is 35.6. The Morgan fingerprint density at radius 3 is 2.13 bits per heavy atom. The van der Waals surface area contributed by atoms with Crippen LogP contribution in [-0.2, 0) is 12.6 Å². The number of benzene rings is 1. The minimum absolute atomic E-state index is 0.0540. The largest absolute Gasteiger partial charge is 0.416 e. The summed E-state index contributed by atoms with van der Waals surface area (Å²) in [6, 6.07) is 4.72. The molecule has 1 aromatic rings. The lowest BCUT2D eigenvalue weighted by Crippen LogP contribution is -2.09. The van der Waals surface area contributed by atoms with Crippen molar-refractivity contribution in [3.05, 3.63) is 35.4 Å². The monoisotopic (exact) mass is 276 g/mol. The van der Waals surface area contributed by atoms with Crippen molar-refractivity contribution in [2.45, 2.75) is 16.4 Å². The van der Waals surface area contributed by atoms with E-state index in [2.05, 4.69) is 0 Å². The van der Waals surface area contributed by atoms with E-state index in [1.54, 1.807) is 0 Å². The van der Waals surface area contributed by atoms with Crippen LogP contribution >= 0.6 is 34.8 Å². The second-order valence-electron chi connectivity index (χ2n) is 2.99.